The third-order valence-electron chi connectivity index (χ3n) is 5.26. The van der Waals surface area contributed by atoms with Crippen LogP contribution in [0.15, 0.2) is 18.2 Å². The first-order valence-electron chi connectivity index (χ1n) is 7.82. The Morgan fingerprint density at radius 1 is 1.00 bits per heavy atom. The Hall–Kier alpha value is -0.400. The van der Waals surface area contributed by atoms with Crippen molar-refractivity contribution < 1.29 is 0 Å². The second kappa shape index (κ2) is 6.15. The van der Waals surface area contributed by atoms with Crippen molar-refractivity contribution in [3.05, 3.63) is 28.8 Å². The Morgan fingerprint density at radius 2 is 1.70 bits per heavy atom. The summed E-state index contributed by atoms with van der Waals surface area (Å²) in [6.07, 6.45) is 9.91. The summed E-state index contributed by atoms with van der Waals surface area (Å²) in [5, 5.41) is 0.783. The highest BCUT2D eigenvalue weighted by molar-refractivity contribution is 6.30. The van der Waals surface area contributed by atoms with Gasteiger partial charge in [-0.2, -0.15) is 0 Å². The van der Waals surface area contributed by atoms with E-state index in [1.165, 1.54) is 69.3 Å². The van der Waals surface area contributed by atoms with Crippen LogP contribution >= 0.6 is 23.2 Å². The van der Waals surface area contributed by atoms with Crippen molar-refractivity contribution in [2.45, 2.75) is 50.8 Å². The number of hydrogen-bond donors (Lipinski definition) is 0. The van der Waals surface area contributed by atoms with Crippen LogP contribution in [-0.2, 0) is 5.88 Å². The van der Waals surface area contributed by atoms with Crippen molar-refractivity contribution in [3.63, 3.8) is 0 Å². The molecule has 2 fully saturated rings. The van der Waals surface area contributed by atoms with Crippen LogP contribution < -0.4 is 4.90 Å². The van der Waals surface area contributed by atoms with Gasteiger partial charge in [-0.25, -0.2) is 0 Å². The van der Waals surface area contributed by atoms with Crippen LogP contribution in [0, 0.1) is 5.41 Å². The lowest BCUT2D eigenvalue weighted by Gasteiger charge is -2.45. The van der Waals surface area contributed by atoms with Gasteiger partial charge in [0.1, 0.15) is 0 Å². The van der Waals surface area contributed by atoms with Crippen LogP contribution in [-0.4, -0.2) is 13.1 Å². The Kier molecular flexibility index (Phi) is 4.47. The van der Waals surface area contributed by atoms with Crippen LogP contribution in [0.3, 0.4) is 0 Å². The summed E-state index contributed by atoms with van der Waals surface area (Å²) in [6, 6.07) is 6.13. The maximum atomic E-state index is 6.08. The highest BCUT2D eigenvalue weighted by atomic mass is 35.5. The van der Waals surface area contributed by atoms with E-state index >= 15 is 0 Å². The van der Waals surface area contributed by atoms with E-state index in [-0.39, 0.29) is 0 Å². The Bertz CT molecular complexity index is 456. The topological polar surface area (TPSA) is 3.24 Å². The van der Waals surface area contributed by atoms with Gasteiger partial charge in [0.15, 0.2) is 0 Å². The Balaban J connectivity index is 1.71. The van der Waals surface area contributed by atoms with Gasteiger partial charge in [-0.1, -0.05) is 30.9 Å². The quantitative estimate of drug-likeness (QED) is 0.640. The van der Waals surface area contributed by atoms with Gasteiger partial charge >= 0.3 is 0 Å². The van der Waals surface area contributed by atoms with E-state index in [0.29, 0.717) is 11.3 Å². The lowest BCUT2D eigenvalue weighted by molar-refractivity contribution is 0.144. The minimum absolute atomic E-state index is 0.539. The van der Waals surface area contributed by atoms with Crippen LogP contribution in [0.5, 0.6) is 0 Å². The first-order valence-corrected chi connectivity index (χ1v) is 8.73. The van der Waals surface area contributed by atoms with E-state index in [0.717, 1.165) is 5.02 Å². The van der Waals surface area contributed by atoms with E-state index in [9.17, 15) is 0 Å². The highest BCUT2D eigenvalue weighted by Gasteiger charge is 2.35. The molecule has 1 nitrogen and oxygen atoms in total. The van der Waals surface area contributed by atoms with Gasteiger partial charge in [0.25, 0.3) is 0 Å². The summed E-state index contributed by atoms with van der Waals surface area (Å²) in [7, 11) is 0. The largest absolute Gasteiger partial charge is 0.371 e. The number of nitrogens with zero attached hydrogens (tertiary/aromatic N) is 1. The maximum Gasteiger partial charge on any atom is 0.0495 e. The summed E-state index contributed by atoms with van der Waals surface area (Å²) < 4.78 is 0. The van der Waals surface area contributed by atoms with Gasteiger partial charge in [-0.15, -0.1) is 11.6 Å². The molecule has 0 amide bonds. The molecule has 3 heteroatoms. The zero-order chi connectivity index (χ0) is 14.0. The van der Waals surface area contributed by atoms with Gasteiger partial charge in [0.2, 0.25) is 0 Å². The molecule has 110 valence electrons. The minimum Gasteiger partial charge on any atom is -0.371 e. The zero-order valence-electron chi connectivity index (χ0n) is 12.0. The maximum absolute atomic E-state index is 6.08. The Morgan fingerprint density at radius 3 is 2.35 bits per heavy atom. The summed E-state index contributed by atoms with van der Waals surface area (Å²) in [6.45, 7) is 2.34. The number of hydrogen-bond acceptors (Lipinski definition) is 1. The molecule has 1 spiro atoms. The van der Waals surface area contributed by atoms with E-state index < -0.39 is 0 Å². The number of rotatable bonds is 2. The summed E-state index contributed by atoms with van der Waals surface area (Å²) in [4.78, 5) is 2.51. The van der Waals surface area contributed by atoms with Gasteiger partial charge < -0.3 is 4.90 Å². The molecule has 0 aromatic heterocycles. The van der Waals surface area contributed by atoms with Crippen molar-refractivity contribution >= 4 is 28.9 Å². The predicted molar refractivity (Wildman–Crippen MR) is 88.0 cm³/mol. The molecule has 2 aliphatic rings. The molecular weight excluding hydrogens is 289 g/mol. The molecule has 0 atom stereocenters. The lowest BCUT2D eigenvalue weighted by Crippen LogP contribution is -2.41. The van der Waals surface area contributed by atoms with E-state index in [4.69, 9.17) is 23.2 Å². The first-order chi connectivity index (χ1) is 9.72. The molecule has 1 aromatic carbocycles. The van der Waals surface area contributed by atoms with E-state index in [1.54, 1.807) is 0 Å². The molecule has 0 bridgehead atoms. The molecular formula is C17H23Cl2N. The van der Waals surface area contributed by atoms with Gasteiger partial charge in [0, 0.05) is 29.7 Å². The van der Waals surface area contributed by atoms with Crippen LogP contribution in [0.25, 0.3) is 0 Å². The van der Waals surface area contributed by atoms with Crippen LogP contribution in [0.1, 0.15) is 50.5 Å². The Labute approximate surface area is 132 Å². The van der Waals surface area contributed by atoms with E-state index in [1.807, 2.05) is 12.1 Å². The highest BCUT2D eigenvalue weighted by Crippen LogP contribution is 2.45. The monoisotopic (exact) mass is 311 g/mol. The fraction of sp³-hybridized carbons (Fsp3) is 0.647. The zero-order valence-corrected chi connectivity index (χ0v) is 13.5. The standard InChI is InChI=1S/C17H23Cl2N/c18-13-14-12-15(19)4-5-16(14)20-10-8-17(9-11-20)6-2-1-3-7-17/h4-5,12H,1-3,6-11,13H2. The predicted octanol–water partition coefficient (Wildman–Crippen LogP) is 5.63. The van der Waals surface area contributed by atoms with Crippen LogP contribution in [0.4, 0.5) is 5.69 Å². The molecule has 0 unspecified atom stereocenters. The van der Waals surface area contributed by atoms with Gasteiger partial charge in [-0.05, 0) is 54.9 Å². The summed E-state index contributed by atoms with van der Waals surface area (Å²) in [5.74, 6) is 0.539. The number of benzene rings is 1. The van der Waals surface area contributed by atoms with E-state index in [2.05, 4.69) is 11.0 Å². The molecule has 0 N–H and O–H groups in total. The third-order valence-corrected chi connectivity index (χ3v) is 5.79. The summed E-state index contributed by atoms with van der Waals surface area (Å²) in [5.41, 5.74) is 3.11. The number of anilines is 1. The molecule has 20 heavy (non-hydrogen) atoms. The van der Waals surface area contributed by atoms with Crippen molar-refractivity contribution in [2.24, 2.45) is 5.41 Å². The molecule has 1 aromatic rings. The first kappa shape index (κ1) is 14.5. The van der Waals surface area contributed by atoms with Crippen molar-refractivity contribution in [1.82, 2.24) is 0 Å². The molecule has 0 radical (unpaired) electrons. The second-order valence-corrected chi connectivity index (χ2v) is 7.16. The van der Waals surface area contributed by atoms with Gasteiger partial charge in [-0.3, -0.25) is 0 Å². The second-order valence-electron chi connectivity index (χ2n) is 6.45. The van der Waals surface area contributed by atoms with Crippen molar-refractivity contribution in [1.29, 1.82) is 0 Å². The minimum atomic E-state index is 0.539. The van der Waals surface area contributed by atoms with Crippen molar-refractivity contribution in [3.8, 4) is 0 Å². The average Bonchev–Trinajstić information content (AvgIpc) is 2.49. The molecule has 1 saturated carbocycles. The SMILES string of the molecule is ClCc1cc(Cl)ccc1N1CCC2(CCCCC2)CC1. The smallest absolute Gasteiger partial charge is 0.0495 e. The lowest BCUT2D eigenvalue weighted by atomic mass is 9.68. The average molecular weight is 312 g/mol. The fourth-order valence-corrected chi connectivity index (χ4v) is 4.40. The van der Waals surface area contributed by atoms with Gasteiger partial charge in [0.05, 0.1) is 0 Å². The number of alkyl halides is 1. The molecule has 1 saturated heterocycles. The summed E-state index contributed by atoms with van der Waals surface area (Å²) >= 11 is 12.2. The molecule has 3 rings (SSSR count). The number of halogens is 2. The van der Waals surface area contributed by atoms with Crippen molar-refractivity contribution in [2.75, 3.05) is 18.0 Å². The fourth-order valence-electron chi connectivity index (χ4n) is 3.99. The molecule has 1 heterocycles. The third kappa shape index (κ3) is 2.94. The number of piperidine rings is 1. The normalized spacial score (nSPS) is 22.2. The van der Waals surface area contributed by atoms with Crippen LogP contribution in [0.2, 0.25) is 5.02 Å². The molecule has 1 aliphatic carbocycles. The molecule has 1 aliphatic heterocycles.